The van der Waals surface area contributed by atoms with Gasteiger partial charge in [-0.1, -0.05) is 13.0 Å². The van der Waals surface area contributed by atoms with Crippen LogP contribution in [0.5, 0.6) is 0 Å². The van der Waals surface area contributed by atoms with E-state index in [2.05, 4.69) is 59.2 Å². The van der Waals surface area contributed by atoms with Crippen LogP contribution in [0.25, 0.3) is 10.9 Å². The van der Waals surface area contributed by atoms with E-state index in [1.54, 1.807) is 0 Å². The Hall–Kier alpha value is -1.39. The minimum absolute atomic E-state index is 0.510. The average molecular weight is 286 g/mol. The van der Waals surface area contributed by atoms with E-state index in [0.717, 1.165) is 25.6 Å². The molecule has 114 valence electrons. The summed E-state index contributed by atoms with van der Waals surface area (Å²) in [5.74, 6) is 0.804. The molecule has 1 aliphatic rings. The van der Waals surface area contributed by atoms with E-state index in [1.165, 1.54) is 29.3 Å². The number of hydrogen-bond donors (Lipinski definition) is 1. The van der Waals surface area contributed by atoms with Crippen molar-refractivity contribution in [3.63, 3.8) is 0 Å². The Bertz CT molecular complexity index is 594. The fourth-order valence-electron chi connectivity index (χ4n) is 3.08. The molecule has 1 aliphatic heterocycles. The number of nitrogens with one attached hydrogen (secondary N) is 1. The van der Waals surface area contributed by atoms with Crippen LogP contribution in [-0.2, 0) is 6.54 Å². The number of hydrogen-bond acceptors (Lipinski definition) is 3. The standard InChI is InChI=1S/C17H26N4/c1-13-4-6-16(18-11-13)14-5-7-17-15(10-14)12-19-21(17)9-8-20(2)3/h5,7,10,12-13,16,18H,4,6,8-9,11H2,1-3H3/t13-,16+/m0/s1. The van der Waals surface area contributed by atoms with E-state index >= 15 is 0 Å². The van der Waals surface area contributed by atoms with Gasteiger partial charge < -0.3 is 10.2 Å². The number of fused-ring (bicyclic) bond motifs is 1. The number of aromatic nitrogens is 2. The van der Waals surface area contributed by atoms with Crippen LogP contribution >= 0.6 is 0 Å². The maximum absolute atomic E-state index is 4.54. The lowest BCUT2D eigenvalue weighted by Crippen LogP contribution is -2.31. The first kappa shape index (κ1) is 14.5. The highest BCUT2D eigenvalue weighted by Crippen LogP contribution is 2.27. The number of likely N-dealkylation sites (N-methyl/N-ethyl adjacent to an activating group) is 1. The van der Waals surface area contributed by atoms with Gasteiger partial charge in [0.2, 0.25) is 0 Å². The molecule has 0 aliphatic carbocycles. The SMILES string of the molecule is C[C@H]1CC[C@H](c2ccc3c(cnn3CCN(C)C)c2)NC1. The topological polar surface area (TPSA) is 33.1 Å². The van der Waals surface area contributed by atoms with Crippen LogP contribution in [0.3, 0.4) is 0 Å². The maximum atomic E-state index is 4.54. The normalized spacial score (nSPS) is 23.0. The molecule has 1 N–H and O–H groups in total. The van der Waals surface area contributed by atoms with Crippen LogP contribution in [0.15, 0.2) is 24.4 Å². The van der Waals surface area contributed by atoms with Gasteiger partial charge in [-0.15, -0.1) is 0 Å². The van der Waals surface area contributed by atoms with Crippen LogP contribution in [0.1, 0.15) is 31.4 Å². The van der Waals surface area contributed by atoms with Gasteiger partial charge in [-0.2, -0.15) is 5.10 Å². The van der Waals surface area contributed by atoms with Crippen molar-refractivity contribution in [3.8, 4) is 0 Å². The molecular weight excluding hydrogens is 260 g/mol. The van der Waals surface area contributed by atoms with E-state index in [1.807, 2.05) is 6.20 Å². The lowest BCUT2D eigenvalue weighted by atomic mass is 9.92. The van der Waals surface area contributed by atoms with Gasteiger partial charge in [0.25, 0.3) is 0 Å². The summed E-state index contributed by atoms with van der Waals surface area (Å²) in [6.45, 7) is 5.40. The largest absolute Gasteiger partial charge is 0.310 e. The number of rotatable bonds is 4. The summed E-state index contributed by atoms with van der Waals surface area (Å²) in [6.07, 6.45) is 4.55. The van der Waals surface area contributed by atoms with Gasteiger partial charge in [0.15, 0.2) is 0 Å². The highest BCUT2D eigenvalue weighted by atomic mass is 15.3. The third-order valence-electron chi connectivity index (χ3n) is 4.49. The molecule has 1 aromatic heterocycles. The monoisotopic (exact) mass is 286 g/mol. The van der Waals surface area contributed by atoms with Crippen molar-refractivity contribution in [2.45, 2.75) is 32.4 Å². The molecule has 0 saturated carbocycles. The minimum Gasteiger partial charge on any atom is -0.310 e. The summed E-state index contributed by atoms with van der Waals surface area (Å²) >= 11 is 0. The van der Waals surface area contributed by atoms with Gasteiger partial charge >= 0.3 is 0 Å². The summed E-state index contributed by atoms with van der Waals surface area (Å²) in [5, 5.41) is 9.45. The van der Waals surface area contributed by atoms with E-state index in [4.69, 9.17) is 0 Å². The van der Waals surface area contributed by atoms with E-state index in [0.29, 0.717) is 6.04 Å². The van der Waals surface area contributed by atoms with E-state index in [-0.39, 0.29) is 0 Å². The summed E-state index contributed by atoms with van der Waals surface area (Å²) in [7, 11) is 4.19. The van der Waals surface area contributed by atoms with E-state index < -0.39 is 0 Å². The molecular formula is C17H26N4. The number of piperidine rings is 1. The quantitative estimate of drug-likeness (QED) is 0.938. The molecule has 2 aromatic rings. The van der Waals surface area contributed by atoms with Crippen LogP contribution in [0.2, 0.25) is 0 Å². The molecule has 0 unspecified atom stereocenters. The highest BCUT2D eigenvalue weighted by molar-refractivity contribution is 5.79. The third kappa shape index (κ3) is 3.27. The van der Waals surface area contributed by atoms with Crippen molar-refractivity contribution in [2.24, 2.45) is 5.92 Å². The average Bonchev–Trinajstić information content (AvgIpc) is 2.88. The Morgan fingerprint density at radius 2 is 2.19 bits per heavy atom. The van der Waals surface area contributed by atoms with Crippen molar-refractivity contribution < 1.29 is 0 Å². The number of nitrogens with zero attached hydrogens (tertiary/aromatic N) is 3. The van der Waals surface area contributed by atoms with Crippen molar-refractivity contribution in [3.05, 3.63) is 30.0 Å². The predicted octanol–water partition coefficient (Wildman–Crippen LogP) is 2.66. The predicted molar refractivity (Wildman–Crippen MR) is 87.4 cm³/mol. The lowest BCUT2D eigenvalue weighted by molar-refractivity contribution is 0.333. The van der Waals surface area contributed by atoms with Crippen molar-refractivity contribution in [1.82, 2.24) is 20.0 Å². The van der Waals surface area contributed by atoms with Crippen LogP contribution in [0, 0.1) is 5.92 Å². The summed E-state index contributed by atoms with van der Waals surface area (Å²) in [4.78, 5) is 2.19. The Morgan fingerprint density at radius 3 is 2.90 bits per heavy atom. The number of benzene rings is 1. The van der Waals surface area contributed by atoms with Crippen molar-refractivity contribution >= 4 is 10.9 Å². The van der Waals surface area contributed by atoms with Gasteiger partial charge in [-0.05, 0) is 57.1 Å². The molecule has 4 heteroatoms. The van der Waals surface area contributed by atoms with Crippen LogP contribution < -0.4 is 5.32 Å². The first-order valence-electron chi connectivity index (χ1n) is 7.97. The van der Waals surface area contributed by atoms with Crippen molar-refractivity contribution in [2.75, 3.05) is 27.2 Å². The first-order chi connectivity index (χ1) is 10.1. The second-order valence-electron chi connectivity index (χ2n) is 6.63. The van der Waals surface area contributed by atoms with E-state index in [9.17, 15) is 0 Å². The Kier molecular flexibility index (Phi) is 4.27. The molecule has 0 radical (unpaired) electrons. The molecule has 0 amide bonds. The Balaban J connectivity index is 1.78. The Labute approximate surface area is 127 Å². The molecule has 3 rings (SSSR count). The molecule has 4 nitrogen and oxygen atoms in total. The second-order valence-corrected chi connectivity index (χ2v) is 6.63. The zero-order valence-electron chi connectivity index (χ0n) is 13.3. The van der Waals surface area contributed by atoms with Crippen LogP contribution in [-0.4, -0.2) is 41.9 Å². The Morgan fingerprint density at radius 1 is 1.33 bits per heavy atom. The van der Waals surface area contributed by atoms with Gasteiger partial charge in [0, 0.05) is 18.0 Å². The van der Waals surface area contributed by atoms with Crippen LogP contribution in [0.4, 0.5) is 0 Å². The van der Waals surface area contributed by atoms with Gasteiger partial charge in [0.05, 0.1) is 18.3 Å². The summed E-state index contributed by atoms with van der Waals surface area (Å²) < 4.78 is 2.11. The lowest BCUT2D eigenvalue weighted by Gasteiger charge is -2.28. The zero-order chi connectivity index (χ0) is 14.8. The molecule has 0 spiro atoms. The highest BCUT2D eigenvalue weighted by Gasteiger charge is 2.19. The molecule has 2 atom stereocenters. The first-order valence-corrected chi connectivity index (χ1v) is 7.97. The molecule has 1 saturated heterocycles. The molecule has 21 heavy (non-hydrogen) atoms. The zero-order valence-corrected chi connectivity index (χ0v) is 13.3. The molecule has 1 fully saturated rings. The smallest absolute Gasteiger partial charge is 0.0683 e. The van der Waals surface area contributed by atoms with Gasteiger partial charge in [-0.25, -0.2) is 0 Å². The fraction of sp³-hybridized carbons (Fsp3) is 0.588. The minimum atomic E-state index is 0.510. The third-order valence-corrected chi connectivity index (χ3v) is 4.49. The maximum Gasteiger partial charge on any atom is 0.0683 e. The van der Waals surface area contributed by atoms with Gasteiger partial charge in [0.1, 0.15) is 0 Å². The molecule has 2 heterocycles. The summed E-state index contributed by atoms with van der Waals surface area (Å²) in [5.41, 5.74) is 2.64. The molecule has 0 bridgehead atoms. The fourth-order valence-corrected chi connectivity index (χ4v) is 3.08. The van der Waals surface area contributed by atoms with Crippen molar-refractivity contribution in [1.29, 1.82) is 0 Å². The summed E-state index contributed by atoms with van der Waals surface area (Å²) in [6, 6.07) is 7.31. The van der Waals surface area contributed by atoms with Gasteiger partial charge in [-0.3, -0.25) is 4.68 Å². The molecule has 1 aromatic carbocycles. The second kappa shape index (κ2) is 6.16.